The minimum Gasteiger partial charge on any atom is -0.452 e. The van der Waals surface area contributed by atoms with Crippen molar-refractivity contribution in [2.75, 3.05) is 13.2 Å². The normalized spacial score (nSPS) is 17.9. The lowest BCUT2D eigenvalue weighted by atomic mass is 10.0. The number of benzene rings is 1. The zero-order valence-electron chi connectivity index (χ0n) is 12.0. The second-order valence-corrected chi connectivity index (χ2v) is 5.52. The van der Waals surface area contributed by atoms with Crippen LogP contribution in [0, 0.1) is 0 Å². The molecule has 0 spiro atoms. The number of rotatable bonds is 4. The Labute approximate surface area is 133 Å². The number of likely N-dealkylation sites (tertiary alicyclic amines) is 1. The first kappa shape index (κ1) is 16.3. The van der Waals surface area contributed by atoms with Gasteiger partial charge in [0.05, 0.1) is 5.56 Å². The van der Waals surface area contributed by atoms with Crippen LogP contribution >= 0.6 is 11.6 Å². The van der Waals surface area contributed by atoms with Crippen LogP contribution in [0.15, 0.2) is 24.3 Å². The van der Waals surface area contributed by atoms with Gasteiger partial charge in [-0.1, -0.05) is 11.6 Å². The van der Waals surface area contributed by atoms with E-state index in [1.165, 1.54) is 17.0 Å². The summed E-state index contributed by atoms with van der Waals surface area (Å²) in [5.41, 5.74) is 5.61. The molecule has 6 nitrogen and oxygen atoms in total. The first-order valence-corrected chi connectivity index (χ1v) is 7.38. The fourth-order valence-corrected chi connectivity index (χ4v) is 2.53. The van der Waals surface area contributed by atoms with Crippen LogP contribution in [-0.2, 0) is 14.3 Å². The van der Waals surface area contributed by atoms with E-state index in [9.17, 15) is 14.4 Å². The van der Waals surface area contributed by atoms with Crippen LogP contribution in [0.3, 0.4) is 0 Å². The maximum Gasteiger partial charge on any atom is 0.338 e. The lowest BCUT2D eigenvalue weighted by molar-refractivity contribution is -0.143. The number of nitrogens with zero attached hydrogens (tertiary/aromatic N) is 1. The van der Waals surface area contributed by atoms with Gasteiger partial charge < -0.3 is 15.4 Å². The van der Waals surface area contributed by atoms with Gasteiger partial charge >= 0.3 is 5.97 Å². The highest BCUT2D eigenvalue weighted by Gasteiger charge is 2.30. The molecular weight excluding hydrogens is 308 g/mol. The van der Waals surface area contributed by atoms with E-state index in [0.717, 1.165) is 12.8 Å². The van der Waals surface area contributed by atoms with Gasteiger partial charge in [0.2, 0.25) is 5.91 Å². The topological polar surface area (TPSA) is 89.7 Å². The van der Waals surface area contributed by atoms with Gasteiger partial charge in [-0.2, -0.15) is 0 Å². The monoisotopic (exact) mass is 324 g/mol. The van der Waals surface area contributed by atoms with Crippen molar-refractivity contribution in [1.82, 2.24) is 4.90 Å². The molecule has 1 atom stereocenters. The molecule has 7 heteroatoms. The van der Waals surface area contributed by atoms with E-state index in [1.807, 2.05) is 0 Å². The van der Waals surface area contributed by atoms with Crippen LogP contribution in [0.25, 0.3) is 0 Å². The molecule has 2 N–H and O–H groups in total. The number of hydrogen-bond donors (Lipinski definition) is 1. The van der Waals surface area contributed by atoms with Crippen LogP contribution < -0.4 is 5.73 Å². The van der Waals surface area contributed by atoms with Gasteiger partial charge in [0, 0.05) is 11.6 Å². The Morgan fingerprint density at radius 1 is 1.23 bits per heavy atom. The summed E-state index contributed by atoms with van der Waals surface area (Å²) in [5.74, 6) is -1.56. The molecule has 2 rings (SSSR count). The number of primary amides is 1. The molecule has 118 valence electrons. The molecule has 1 aromatic rings. The van der Waals surface area contributed by atoms with E-state index in [2.05, 4.69) is 0 Å². The Kier molecular flexibility index (Phi) is 5.38. The highest BCUT2D eigenvalue weighted by molar-refractivity contribution is 6.30. The minimum absolute atomic E-state index is 0.308. The average Bonchev–Trinajstić information content (AvgIpc) is 2.53. The van der Waals surface area contributed by atoms with Crippen molar-refractivity contribution in [2.45, 2.75) is 25.3 Å². The zero-order chi connectivity index (χ0) is 16.1. The number of esters is 1. The van der Waals surface area contributed by atoms with E-state index in [4.69, 9.17) is 22.1 Å². The summed E-state index contributed by atoms with van der Waals surface area (Å²) in [6.07, 6.45) is 2.20. The van der Waals surface area contributed by atoms with Gasteiger partial charge in [0.1, 0.15) is 6.04 Å². The van der Waals surface area contributed by atoms with Gasteiger partial charge in [0.15, 0.2) is 6.61 Å². The van der Waals surface area contributed by atoms with Gasteiger partial charge in [-0.05, 0) is 43.5 Å². The Bertz CT molecular complexity index is 573. The van der Waals surface area contributed by atoms with E-state index in [-0.39, 0.29) is 0 Å². The van der Waals surface area contributed by atoms with Gasteiger partial charge in [-0.15, -0.1) is 0 Å². The van der Waals surface area contributed by atoms with Gasteiger partial charge in [-0.3, -0.25) is 9.59 Å². The predicted molar refractivity (Wildman–Crippen MR) is 80.3 cm³/mol. The summed E-state index contributed by atoms with van der Waals surface area (Å²) >= 11 is 5.73. The third kappa shape index (κ3) is 3.98. The number of carbonyl (C=O) groups excluding carboxylic acids is 3. The van der Waals surface area contributed by atoms with Crippen LogP contribution in [0.2, 0.25) is 5.02 Å². The fourth-order valence-electron chi connectivity index (χ4n) is 2.41. The van der Waals surface area contributed by atoms with Crippen LogP contribution in [0.1, 0.15) is 29.6 Å². The number of nitrogens with two attached hydrogens (primary N) is 1. The molecule has 1 aliphatic rings. The fraction of sp³-hybridized carbons (Fsp3) is 0.400. The number of amides is 2. The summed E-state index contributed by atoms with van der Waals surface area (Å²) in [7, 11) is 0. The lowest BCUT2D eigenvalue weighted by Crippen LogP contribution is -2.51. The molecule has 1 fully saturated rings. The van der Waals surface area contributed by atoms with Crippen molar-refractivity contribution in [3.8, 4) is 0 Å². The van der Waals surface area contributed by atoms with E-state index in [0.29, 0.717) is 23.6 Å². The van der Waals surface area contributed by atoms with Crippen LogP contribution in [0.4, 0.5) is 0 Å². The van der Waals surface area contributed by atoms with E-state index >= 15 is 0 Å². The Morgan fingerprint density at radius 3 is 2.55 bits per heavy atom. The Hall–Kier alpha value is -2.08. The molecule has 1 aromatic carbocycles. The summed E-state index contributed by atoms with van der Waals surface area (Å²) in [5, 5.41) is 0.505. The molecule has 0 unspecified atom stereocenters. The number of hydrogen-bond acceptors (Lipinski definition) is 4. The standard InChI is InChI=1S/C15H17ClN2O4/c16-11-6-4-10(5-7-11)15(21)22-9-13(19)18-8-2-1-3-12(18)14(17)20/h4-7,12H,1-3,8-9H2,(H2,17,20)/t12-/m1/s1. The van der Waals surface area contributed by atoms with Gasteiger partial charge in [-0.25, -0.2) is 4.79 Å². The van der Waals surface area contributed by atoms with E-state index < -0.39 is 30.4 Å². The van der Waals surface area contributed by atoms with Gasteiger partial charge in [0.25, 0.3) is 5.91 Å². The summed E-state index contributed by atoms with van der Waals surface area (Å²) in [6, 6.07) is 5.54. The molecule has 0 aromatic heterocycles. The highest BCUT2D eigenvalue weighted by atomic mass is 35.5. The van der Waals surface area contributed by atoms with Crippen molar-refractivity contribution in [3.63, 3.8) is 0 Å². The molecule has 2 amide bonds. The van der Waals surface area contributed by atoms with E-state index in [1.54, 1.807) is 12.1 Å². The van der Waals surface area contributed by atoms with Crippen molar-refractivity contribution in [2.24, 2.45) is 5.73 Å². The number of carbonyl (C=O) groups is 3. The number of piperidine rings is 1. The lowest BCUT2D eigenvalue weighted by Gasteiger charge is -2.33. The highest BCUT2D eigenvalue weighted by Crippen LogP contribution is 2.17. The second kappa shape index (κ2) is 7.26. The van der Waals surface area contributed by atoms with Crippen LogP contribution in [0.5, 0.6) is 0 Å². The quantitative estimate of drug-likeness (QED) is 0.847. The maximum atomic E-state index is 12.1. The number of halogens is 1. The molecule has 0 saturated carbocycles. The molecule has 1 saturated heterocycles. The van der Waals surface area contributed by atoms with Crippen molar-refractivity contribution < 1.29 is 19.1 Å². The van der Waals surface area contributed by atoms with Crippen LogP contribution in [-0.4, -0.2) is 41.9 Å². The molecular formula is C15H17ClN2O4. The smallest absolute Gasteiger partial charge is 0.338 e. The Morgan fingerprint density at radius 2 is 1.91 bits per heavy atom. The van der Waals surface area contributed by atoms with Crippen molar-refractivity contribution in [1.29, 1.82) is 0 Å². The Balaban J connectivity index is 1.92. The largest absolute Gasteiger partial charge is 0.452 e. The SMILES string of the molecule is NC(=O)[C@H]1CCCCN1C(=O)COC(=O)c1ccc(Cl)cc1. The first-order valence-electron chi connectivity index (χ1n) is 7.00. The van der Waals surface area contributed by atoms with Crippen molar-refractivity contribution >= 4 is 29.4 Å². The molecule has 0 bridgehead atoms. The molecule has 1 heterocycles. The zero-order valence-corrected chi connectivity index (χ0v) is 12.7. The predicted octanol–water partition coefficient (Wildman–Crippen LogP) is 1.36. The summed E-state index contributed by atoms with van der Waals surface area (Å²) < 4.78 is 4.99. The maximum absolute atomic E-state index is 12.1. The molecule has 22 heavy (non-hydrogen) atoms. The summed E-state index contributed by atoms with van der Waals surface area (Å²) in [6.45, 7) is 0.0379. The first-order chi connectivity index (χ1) is 10.5. The summed E-state index contributed by atoms with van der Waals surface area (Å²) in [4.78, 5) is 36.7. The third-order valence-electron chi connectivity index (χ3n) is 3.56. The third-order valence-corrected chi connectivity index (χ3v) is 3.81. The second-order valence-electron chi connectivity index (χ2n) is 5.08. The molecule has 1 aliphatic heterocycles. The molecule has 0 aliphatic carbocycles. The molecule has 0 radical (unpaired) electrons. The van der Waals surface area contributed by atoms with Crippen molar-refractivity contribution in [3.05, 3.63) is 34.9 Å². The number of ether oxygens (including phenoxy) is 1. The average molecular weight is 325 g/mol. The minimum atomic E-state index is -0.615.